The summed E-state index contributed by atoms with van der Waals surface area (Å²) in [5, 5.41) is 8.12. The lowest BCUT2D eigenvalue weighted by atomic mass is 10.1. The molecule has 0 saturated carbocycles. The van der Waals surface area contributed by atoms with Crippen LogP contribution in [0.25, 0.3) is 10.9 Å². The lowest BCUT2D eigenvalue weighted by Crippen LogP contribution is -2.13. The van der Waals surface area contributed by atoms with Crippen LogP contribution < -0.4 is 5.32 Å². The van der Waals surface area contributed by atoms with Crippen molar-refractivity contribution in [2.45, 2.75) is 19.9 Å². The van der Waals surface area contributed by atoms with E-state index in [1.807, 2.05) is 19.3 Å². The number of nitrogens with one attached hydrogen (secondary N) is 1. The van der Waals surface area contributed by atoms with Gasteiger partial charge in [-0.25, -0.2) is 0 Å². The summed E-state index contributed by atoms with van der Waals surface area (Å²) in [7, 11) is 1.82. The van der Waals surface area contributed by atoms with Crippen LogP contribution in [0.1, 0.15) is 12.0 Å². The second-order valence-corrected chi connectivity index (χ2v) is 5.22. The molecule has 5 nitrogen and oxygen atoms in total. The molecule has 108 valence electrons. The van der Waals surface area contributed by atoms with Crippen molar-refractivity contribution in [2.75, 3.05) is 5.32 Å². The number of rotatable bonds is 4. The summed E-state index contributed by atoms with van der Waals surface area (Å²) in [6.07, 6.45) is 5.90. The van der Waals surface area contributed by atoms with Crippen LogP contribution in [0.4, 0.5) is 5.69 Å². The molecule has 1 aromatic carbocycles. The van der Waals surface area contributed by atoms with Gasteiger partial charge in [0.05, 0.1) is 11.9 Å². The predicted octanol–water partition coefficient (Wildman–Crippen LogP) is 2.71. The highest BCUT2D eigenvalue weighted by Crippen LogP contribution is 2.19. The Kier molecular flexibility index (Phi) is 3.48. The molecular weight excluding hydrogens is 264 g/mol. The molecule has 0 aliphatic heterocycles. The van der Waals surface area contributed by atoms with E-state index in [-0.39, 0.29) is 5.91 Å². The maximum Gasteiger partial charge on any atom is 0.226 e. The van der Waals surface area contributed by atoms with Gasteiger partial charge < -0.3 is 9.88 Å². The van der Waals surface area contributed by atoms with Gasteiger partial charge in [0.2, 0.25) is 5.91 Å². The number of aromatic nitrogens is 3. The van der Waals surface area contributed by atoms with E-state index < -0.39 is 0 Å². The summed E-state index contributed by atoms with van der Waals surface area (Å²) in [5.74, 6) is -0.00231. The summed E-state index contributed by atoms with van der Waals surface area (Å²) < 4.78 is 3.78. The van der Waals surface area contributed by atoms with E-state index >= 15 is 0 Å². The molecule has 1 N–H and O–H groups in total. The first kappa shape index (κ1) is 13.4. The monoisotopic (exact) mass is 282 g/mol. The van der Waals surface area contributed by atoms with Crippen molar-refractivity contribution in [2.24, 2.45) is 7.05 Å². The fourth-order valence-corrected chi connectivity index (χ4v) is 2.50. The molecule has 0 aliphatic rings. The molecule has 21 heavy (non-hydrogen) atoms. The van der Waals surface area contributed by atoms with Crippen LogP contribution in [0.5, 0.6) is 0 Å². The lowest BCUT2D eigenvalue weighted by Gasteiger charge is -2.06. The molecule has 5 heteroatoms. The number of anilines is 1. The molecule has 0 bridgehead atoms. The number of hydrogen-bond acceptors (Lipinski definition) is 2. The number of carbonyl (C=O) groups excluding carboxylic acids is 1. The summed E-state index contributed by atoms with van der Waals surface area (Å²) in [6, 6.07) is 8.33. The van der Waals surface area contributed by atoms with Gasteiger partial charge in [0.25, 0.3) is 0 Å². The first-order chi connectivity index (χ1) is 10.1. The quantitative estimate of drug-likeness (QED) is 0.800. The summed E-state index contributed by atoms with van der Waals surface area (Å²) >= 11 is 0. The molecule has 0 fully saturated rings. The molecule has 2 aromatic heterocycles. The van der Waals surface area contributed by atoms with Crippen LogP contribution in [0.2, 0.25) is 0 Å². The number of nitrogens with zero attached hydrogens (tertiary/aromatic N) is 3. The second-order valence-electron chi connectivity index (χ2n) is 5.22. The highest BCUT2D eigenvalue weighted by molar-refractivity contribution is 5.90. The fraction of sp³-hybridized carbons (Fsp3) is 0.250. The summed E-state index contributed by atoms with van der Waals surface area (Å²) in [4.78, 5) is 12.0. The van der Waals surface area contributed by atoms with Crippen LogP contribution in [0.15, 0.2) is 42.9 Å². The molecular formula is C16H18N4O. The molecule has 0 unspecified atom stereocenters. The molecule has 2 heterocycles. The third-order valence-corrected chi connectivity index (χ3v) is 3.60. The van der Waals surface area contributed by atoms with Gasteiger partial charge in [-0.05, 0) is 24.6 Å². The molecule has 3 rings (SSSR count). The average Bonchev–Trinajstić information content (AvgIpc) is 3.04. The normalized spacial score (nSPS) is 11.0. The summed E-state index contributed by atoms with van der Waals surface area (Å²) in [5.41, 5.74) is 3.16. The standard InChI is InChI=1S/C16H18N4O/c1-12-4-3-5-15-14(12)6-8-20(15)9-7-16(21)18-13-10-17-19(2)11-13/h3-6,8,10-11H,7,9H2,1-2H3,(H,18,21). The molecule has 0 radical (unpaired) electrons. The van der Waals surface area contributed by atoms with Gasteiger partial charge in [0.1, 0.15) is 0 Å². The van der Waals surface area contributed by atoms with Crippen molar-refractivity contribution >= 4 is 22.5 Å². The third-order valence-electron chi connectivity index (χ3n) is 3.60. The van der Waals surface area contributed by atoms with Crippen LogP contribution >= 0.6 is 0 Å². The van der Waals surface area contributed by atoms with E-state index in [4.69, 9.17) is 0 Å². The highest BCUT2D eigenvalue weighted by atomic mass is 16.1. The third kappa shape index (κ3) is 2.81. The Labute approximate surface area is 123 Å². The highest BCUT2D eigenvalue weighted by Gasteiger charge is 2.07. The Bertz CT molecular complexity index is 785. The van der Waals surface area contributed by atoms with Gasteiger partial charge in [-0.15, -0.1) is 0 Å². The number of fused-ring (bicyclic) bond motifs is 1. The zero-order chi connectivity index (χ0) is 14.8. The largest absolute Gasteiger partial charge is 0.347 e. The van der Waals surface area contributed by atoms with Gasteiger partial charge in [-0.3, -0.25) is 9.48 Å². The molecule has 3 aromatic rings. The average molecular weight is 282 g/mol. The summed E-state index contributed by atoms with van der Waals surface area (Å²) in [6.45, 7) is 2.76. The zero-order valence-electron chi connectivity index (χ0n) is 12.2. The Balaban J connectivity index is 1.66. The fourth-order valence-electron chi connectivity index (χ4n) is 2.50. The minimum Gasteiger partial charge on any atom is -0.347 e. The van der Waals surface area contributed by atoms with E-state index in [1.165, 1.54) is 16.5 Å². The minimum atomic E-state index is -0.00231. The maximum absolute atomic E-state index is 12.0. The van der Waals surface area contributed by atoms with E-state index in [9.17, 15) is 4.79 Å². The Morgan fingerprint density at radius 2 is 2.19 bits per heavy atom. The first-order valence-electron chi connectivity index (χ1n) is 6.96. The van der Waals surface area contributed by atoms with Crippen molar-refractivity contribution in [1.29, 1.82) is 0 Å². The van der Waals surface area contributed by atoms with Crippen LogP contribution in [-0.4, -0.2) is 20.3 Å². The molecule has 0 aliphatic carbocycles. The second kappa shape index (κ2) is 5.44. The number of amides is 1. The van der Waals surface area contributed by atoms with Crippen molar-refractivity contribution in [3.63, 3.8) is 0 Å². The number of aryl methyl sites for hydroxylation is 3. The van der Waals surface area contributed by atoms with E-state index in [0.717, 1.165) is 5.69 Å². The van der Waals surface area contributed by atoms with Gasteiger partial charge in [-0.1, -0.05) is 12.1 Å². The van der Waals surface area contributed by atoms with Crippen LogP contribution in [0, 0.1) is 6.92 Å². The molecule has 0 atom stereocenters. The smallest absolute Gasteiger partial charge is 0.226 e. The van der Waals surface area contributed by atoms with Gasteiger partial charge >= 0.3 is 0 Å². The van der Waals surface area contributed by atoms with Crippen LogP contribution in [-0.2, 0) is 18.4 Å². The molecule has 0 saturated heterocycles. The van der Waals surface area contributed by atoms with E-state index in [1.54, 1.807) is 17.1 Å². The predicted molar refractivity (Wildman–Crippen MR) is 83.1 cm³/mol. The Hall–Kier alpha value is -2.56. The van der Waals surface area contributed by atoms with Gasteiger partial charge in [-0.2, -0.15) is 5.10 Å². The van der Waals surface area contributed by atoms with Gasteiger partial charge in [0, 0.05) is 43.3 Å². The Morgan fingerprint density at radius 1 is 1.33 bits per heavy atom. The van der Waals surface area contributed by atoms with Crippen molar-refractivity contribution in [3.8, 4) is 0 Å². The van der Waals surface area contributed by atoms with Crippen molar-refractivity contribution in [1.82, 2.24) is 14.3 Å². The van der Waals surface area contributed by atoms with E-state index in [0.29, 0.717) is 13.0 Å². The van der Waals surface area contributed by atoms with Crippen molar-refractivity contribution in [3.05, 3.63) is 48.4 Å². The minimum absolute atomic E-state index is 0.00231. The number of carbonyl (C=O) groups is 1. The van der Waals surface area contributed by atoms with Gasteiger partial charge in [0.15, 0.2) is 0 Å². The zero-order valence-corrected chi connectivity index (χ0v) is 12.2. The maximum atomic E-state index is 12.0. The number of benzene rings is 1. The molecule has 1 amide bonds. The molecule has 0 spiro atoms. The Morgan fingerprint density at radius 3 is 2.95 bits per heavy atom. The van der Waals surface area contributed by atoms with Crippen LogP contribution in [0.3, 0.4) is 0 Å². The topological polar surface area (TPSA) is 51.9 Å². The van der Waals surface area contributed by atoms with E-state index in [2.05, 4.69) is 40.1 Å². The van der Waals surface area contributed by atoms with Crippen molar-refractivity contribution < 1.29 is 4.79 Å². The first-order valence-corrected chi connectivity index (χ1v) is 6.96. The number of hydrogen-bond donors (Lipinski definition) is 1. The lowest BCUT2D eigenvalue weighted by molar-refractivity contribution is -0.116. The SMILES string of the molecule is Cc1cccc2c1ccn2CCC(=O)Nc1cnn(C)c1.